The van der Waals surface area contributed by atoms with E-state index in [9.17, 15) is 9.59 Å². The molecule has 6 heteroatoms. The molecule has 2 fully saturated rings. The first-order valence-corrected chi connectivity index (χ1v) is 8.45. The Bertz CT molecular complexity index is 785. The van der Waals surface area contributed by atoms with Crippen molar-refractivity contribution < 1.29 is 14.3 Å². The highest BCUT2D eigenvalue weighted by molar-refractivity contribution is 5.83. The number of hydrogen-bond donors (Lipinski definition) is 1. The van der Waals surface area contributed by atoms with Crippen LogP contribution < -0.4 is 5.32 Å². The lowest BCUT2D eigenvalue weighted by Gasteiger charge is -2.29. The van der Waals surface area contributed by atoms with E-state index < -0.39 is 0 Å². The topological polar surface area (TPSA) is 73.2 Å². The molecule has 24 heavy (non-hydrogen) atoms. The van der Waals surface area contributed by atoms with E-state index in [4.69, 9.17) is 4.74 Å². The van der Waals surface area contributed by atoms with E-state index >= 15 is 0 Å². The smallest absolute Gasteiger partial charge is 0.311 e. The molecule has 2 saturated carbocycles. The number of nitrogens with zero attached hydrogens (tertiary/aromatic N) is 2. The van der Waals surface area contributed by atoms with Crippen molar-refractivity contribution >= 4 is 22.8 Å². The lowest BCUT2D eigenvalue weighted by molar-refractivity contribution is -0.148. The van der Waals surface area contributed by atoms with Gasteiger partial charge in [0.05, 0.1) is 24.7 Å². The lowest BCUT2D eigenvalue weighted by atomic mass is 9.84. The van der Waals surface area contributed by atoms with Crippen molar-refractivity contribution in [3.05, 3.63) is 30.5 Å². The summed E-state index contributed by atoms with van der Waals surface area (Å²) in [6.07, 6.45) is 4.90. The van der Waals surface area contributed by atoms with Gasteiger partial charge in [-0.05, 0) is 37.2 Å². The Morgan fingerprint density at radius 2 is 2.08 bits per heavy atom. The van der Waals surface area contributed by atoms with Gasteiger partial charge in [0.2, 0.25) is 5.91 Å². The Hall–Kier alpha value is -2.37. The number of fused-ring (bicyclic) bond motifs is 3. The SMILES string of the molecule is COC(=O)[C@H]1[C@H]2CC[C@@H](C2)[C@H]1NC(=O)Cn1ncc2ccccc21. The first-order chi connectivity index (χ1) is 11.7. The van der Waals surface area contributed by atoms with Crippen LogP contribution >= 0.6 is 0 Å². The third kappa shape index (κ3) is 2.46. The van der Waals surface area contributed by atoms with Crippen molar-refractivity contribution in [3.63, 3.8) is 0 Å². The van der Waals surface area contributed by atoms with Gasteiger partial charge in [-0.25, -0.2) is 0 Å². The molecule has 0 unspecified atom stereocenters. The fraction of sp³-hybridized carbons (Fsp3) is 0.500. The summed E-state index contributed by atoms with van der Waals surface area (Å²) in [4.78, 5) is 24.6. The van der Waals surface area contributed by atoms with E-state index in [2.05, 4.69) is 10.4 Å². The quantitative estimate of drug-likeness (QED) is 0.868. The van der Waals surface area contributed by atoms with Crippen molar-refractivity contribution in [1.29, 1.82) is 0 Å². The summed E-state index contributed by atoms with van der Waals surface area (Å²) in [5.41, 5.74) is 0.935. The predicted molar refractivity (Wildman–Crippen MR) is 88.0 cm³/mol. The molecule has 0 aliphatic heterocycles. The Balaban J connectivity index is 1.48. The second-order valence-corrected chi connectivity index (χ2v) is 6.84. The molecule has 1 aromatic carbocycles. The van der Waals surface area contributed by atoms with Gasteiger partial charge >= 0.3 is 5.97 Å². The zero-order chi connectivity index (χ0) is 16.7. The van der Waals surface area contributed by atoms with Gasteiger partial charge in [-0.2, -0.15) is 5.10 Å². The maximum absolute atomic E-state index is 12.5. The summed E-state index contributed by atoms with van der Waals surface area (Å²) in [5, 5.41) is 8.38. The molecule has 4 rings (SSSR count). The normalized spacial score (nSPS) is 28.2. The summed E-state index contributed by atoms with van der Waals surface area (Å²) in [6.45, 7) is 0.162. The number of carbonyl (C=O) groups excluding carboxylic acids is 2. The minimum Gasteiger partial charge on any atom is -0.469 e. The van der Waals surface area contributed by atoms with Crippen molar-refractivity contribution in [3.8, 4) is 0 Å². The second kappa shape index (κ2) is 5.92. The third-order valence-corrected chi connectivity index (χ3v) is 5.56. The monoisotopic (exact) mass is 327 g/mol. The van der Waals surface area contributed by atoms with Crippen molar-refractivity contribution in [2.45, 2.75) is 31.8 Å². The summed E-state index contributed by atoms with van der Waals surface area (Å²) in [6, 6.07) is 7.70. The Morgan fingerprint density at radius 1 is 1.29 bits per heavy atom. The van der Waals surface area contributed by atoms with Crippen LogP contribution in [0, 0.1) is 17.8 Å². The number of hydrogen-bond acceptors (Lipinski definition) is 4. The highest BCUT2D eigenvalue weighted by Gasteiger charge is 2.51. The van der Waals surface area contributed by atoms with Crippen LogP contribution in [0.25, 0.3) is 10.9 Å². The fourth-order valence-corrected chi connectivity index (χ4v) is 4.49. The third-order valence-electron chi connectivity index (χ3n) is 5.56. The largest absolute Gasteiger partial charge is 0.469 e. The molecule has 2 bridgehead atoms. The van der Waals surface area contributed by atoms with Gasteiger partial charge in [0.15, 0.2) is 0 Å². The Labute approximate surface area is 140 Å². The average Bonchev–Trinajstić information content (AvgIpc) is 3.29. The van der Waals surface area contributed by atoms with Gasteiger partial charge < -0.3 is 10.1 Å². The number of rotatable bonds is 4. The molecule has 1 heterocycles. The Morgan fingerprint density at radius 3 is 2.92 bits per heavy atom. The molecule has 4 atom stereocenters. The molecule has 2 aliphatic carbocycles. The number of amides is 1. The molecular weight excluding hydrogens is 306 g/mol. The number of nitrogens with one attached hydrogen (secondary N) is 1. The number of para-hydroxylation sites is 1. The molecule has 2 aliphatic rings. The van der Waals surface area contributed by atoms with Crippen LogP contribution in [0.4, 0.5) is 0 Å². The van der Waals surface area contributed by atoms with E-state index in [1.165, 1.54) is 7.11 Å². The van der Waals surface area contributed by atoms with Crippen LogP contribution in [0.3, 0.4) is 0 Å². The zero-order valence-electron chi connectivity index (χ0n) is 13.6. The number of esters is 1. The number of carbonyl (C=O) groups is 2. The van der Waals surface area contributed by atoms with Crippen LogP contribution in [-0.2, 0) is 20.9 Å². The molecular formula is C18H21N3O3. The predicted octanol–water partition coefficient (Wildman–Crippen LogP) is 1.74. The molecule has 0 radical (unpaired) electrons. The molecule has 2 aromatic rings. The number of benzene rings is 1. The molecule has 1 amide bonds. The average molecular weight is 327 g/mol. The van der Waals surface area contributed by atoms with Gasteiger partial charge in [0.25, 0.3) is 0 Å². The summed E-state index contributed by atoms with van der Waals surface area (Å²) in [5.74, 6) is 0.232. The maximum atomic E-state index is 12.5. The van der Waals surface area contributed by atoms with Gasteiger partial charge in [0, 0.05) is 11.4 Å². The zero-order valence-corrected chi connectivity index (χ0v) is 13.6. The number of ether oxygens (including phenoxy) is 1. The van der Waals surface area contributed by atoms with Gasteiger partial charge in [-0.15, -0.1) is 0 Å². The van der Waals surface area contributed by atoms with E-state index in [1.807, 2.05) is 24.3 Å². The summed E-state index contributed by atoms with van der Waals surface area (Å²) < 4.78 is 6.65. The van der Waals surface area contributed by atoms with Crippen LogP contribution in [0.15, 0.2) is 30.5 Å². The highest BCUT2D eigenvalue weighted by Crippen LogP contribution is 2.48. The van der Waals surface area contributed by atoms with Crippen molar-refractivity contribution in [2.75, 3.05) is 7.11 Å². The highest BCUT2D eigenvalue weighted by atomic mass is 16.5. The molecule has 126 valence electrons. The molecule has 1 aromatic heterocycles. The van der Waals surface area contributed by atoms with Crippen LogP contribution in [-0.4, -0.2) is 34.8 Å². The fourth-order valence-electron chi connectivity index (χ4n) is 4.49. The van der Waals surface area contributed by atoms with Crippen LogP contribution in [0.2, 0.25) is 0 Å². The molecule has 0 saturated heterocycles. The summed E-state index contributed by atoms with van der Waals surface area (Å²) >= 11 is 0. The molecule has 0 spiro atoms. The first kappa shape index (κ1) is 15.2. The number of methoxy groups -OCH3 is 1. The van der Waals surface area contributed by atoms with Crippen molar-refractivity contribution in [1.82, 2.24) is 15.1 Å². The van der Waals surface area contributed by atoms with E-state index in [0.29, 0.717) is 11.8 Å². The maximum Gasteiger partial charge on any atom is 0.311 e. The van der Waals surface area contributed by atoms with Crippen LogP contribution in [0.1, 0.15) is 19.3 Å². The van der Waals surface area contributed by atoms with E-state index in [0.717, 1.165) is 30.2 Å². The van der Waals surface area contributed by atoms with Gasteiger partial charge in [0.1, 0.15) is 6.54 Å². The minimum absolute atomic E-state index is 0.102. The molecule has 6 nitrogen and oxygen atoms in total. The minimum atomic E-state index is -0.202. The summed E-state index contributed by atoms with van der Waals surface area (Å²) in [7, 11) is 1.42. The number of aromatic nitrogens is 2. The van der Waals surface area contributed by atoms with Crippen LogP contribution in [0.5, 0.6) is 0 Å². The standard InChI is InChI=1S/C18H21N3O3/c1-24-18(23)16-11-6-7-12(8-11)17(16)20-15(22)10-21-14-5-3-2-4-13(14)9-19-21/h2-5,9,11-12,16-17H,6-8,10H2,1H3,(H,20,22)/t11-,12-,16-,17+/m0/s1. The van der Waals surface area contributed by atoms with E-state index in [1.54, 1.807) is 10.9 Å². The Kier molecular flexibility index (Phi) is 3.75. The van der Waals surface area contributed by atoms with Crippen molar-refractivity contribution in [2.24, 2.45) is 17.8 Å². The van der Waals surface area contributed by atoms with E-state index in [-0.39, 0.29) is 30.4 Å². The molecule has 1 N–H and O–H groups in total. The first-order valence-electron chi connectivity index (χ1n) is 8.45. The second-order valence-electron chi connectivity index (χ2n) is 6.84. The van der Waals surface area contributed by atoms with Gasteiger partial charge in [-0.1, -0.05) is 18.2 Å². The lowest BCUT2D eigenvalue weighted by Crippen LogP contribution is -2.48. The van der Waals surface area contributed by atoms with Gasteiger partial charge in [-0.3, -0.25) is 14.3 Å².